The molecule has 0 aromatic rings. The first kappa shape index (κ1) is 14.3. The van der Waals surface area contributed by atoms with Gasteiger partial charge in [0.1, 0.15) is 0 Å². The molecular formula is C15H29NO2. The first-order valence-electron chi connectivity index (χ1n) is 7.23. The van der Waals surface area contributed by atoms with Crippen LogP contribution in [-0.4, -0.2) is 39.5 Å². The first-order chi connectivity index (χ1) is 8.45. The largest absolute Gasteiger partial charge is 0.383 e. The van der Waals surface area contributed by atoms with Crippen molar-refractivity contribution in [3.63, 3.8) is 0 Å². The number of nitrogens with one attached hydrogen (secondary N) is 1. The Bertz CT molecular complexity index is 292. The lowest BCUT2D eigenvalue weighted by Gasteiger charge is -2.39. The van der Waals surface area contributed by atoms with E-state index in [0.717, 1.165) is 12.5 Å². The summed E-state index contributed by atoms with van der Waals surface area (Å²) in [6.07, 6.45) is 4.38. The van der Waals surface area contributed by atoms with E-state index < -0.39 is 0 Å². The Balaban J connectivity index is 1.92. The van der Waals surface area contributed by atoms with Crippen LogP contribution < -0.4 is 5.32 Å². The van der Waals surface area contributed by atoms with Crippen molar-refractivity contribution in [2.75, 3.05) is 27.4 Å². The van der Waals surface area contributed by atoms with Crippen LogP contribution in [0, 0.1) is 16.7 Å². The van der Waals surface area contributed by atoms with Gasteiger partial charge in [0, 0.05) is 7.11 Å². The summed E-state index contributed by atoms with van der Waals surface area (Å²) in [5, 5.41) is 3.25. The van der Waals surface area contributed by atoms with E-state index in [2.05, 4.69) is 26.1 Å². The predicted molar refractivity (Wildman–Crippen MR) is 73.7 cm³/mol. The van der Waals surface area contributed by atoms with E-state index in [1.54, 1.807) is 7.11 Å². The second kappa shape index (κ2) is 5.10. The van der Waals surface area contributed by atoms with Crippen molar-refractivity contribution < 1.29 is 9.47 Å². The molecule has 4 atom stereocenters. The summed E-state index contributed by atoms with van der Waals surface area (Å²) in [6.45, 7) is 8.76. The highest BCUT2D eigenvalue weighted by molar-refractivity contribution is 5.11. The van der Waals surface area contributed by atoms with E-state index in [9.17, 15) is 0 Å². The summed E-state index contributed by atoms with van der Waals surface area (Å²) in [4.78, 5) is 0. The summed E-state index contributed by atoms with van der Waals surface area (Å²) in [5.41, 5.74) is 0.803. The molecule has 3 heteroatoms. The van der Waals surface area contributed by atoms with Crippen LogP contribution in [-0.2, 0) is 9.47 Å². The number of ether oxygens (including phenoxy) is 2. The Morgan fingerprint density at radius 1 is 1.28 bits per heavy atom. The molecule has 0 heterocycles. The topological polar surface area (TPSA) is 30.5 Å². The van der Waals surface area contributed by atoms with E-state index in [4.69, 9.17) is 9.47 Å². The van der Waals surface area contributed by atoms with Gasteiger partial charge in [-0.25, -0.2) is 0 Å². The standard InChI is InChI=1S/C15H29NO2/c1-14(2)11-6-7-15(14,3)13(8-11)18-10-12(16-4)9-17-5/h11-13,16H,6-10H2,1-5H3. The molecule has 0 saturated heterocycles. The zero-order valence-corrected chi connectivity index (χ0v) is 12.6. The second-order valence-corrected chi connectivity index (χ2v) is 6.87. The minimum Gasteiger partial charge on any atom is -0.383 e. The van der Waals surface area contributed by atoms with Crippen LogP contribution in [0.4, 0.5) is 0 Å². The summed E-state index contributed by atoms with van der Waals surface area (Å²) in [5.74, 6) is 0.850. The van der Waals surface area contributed by atoms with Crippen LogP contribution in [0.5, 0.6) is 0 Å². The van der Waals surface area contributed by atoms with Gasteiger partial charge in [0.15, 0.2) is 0 Å². The van der Waals surface area contributed by atoms with E-state index in [1.807, 2.05) is 7.05 Å². The number of rotatable bonds is 6. The highest BCUT2D eigenvalue weighted by Crippen LogP contribution is 2.66. The fourth-order valence-electron chi connectivity index (χ4n) is 4.03. The molecule has 2 aliphatic carbocycles. The molecule has 0 spiro atoms. The van der Waals surface area contributed by atoms with Gasteiger partial charge in [-0.3, -0.25) is 0 Å². The van der Waals surface area contributed by atoms with Crippen LogP contribution >= 0.6 is 0 Å². The van der Waals surface area contributed by atoms with Gasteiger partial charge >= 0.3 is 0 Å². The summed E-state index contributed by atoms with van der Waals surface area (Å²) in [7, 11) is 3.71. The maximum atomic E-state index is 6.24. The fourth-order valence-corrected chi connectivity index (χ4v) is 4.03. The van der Waals surface area contributed by atoms with Crippen LogP contribution in [0.25, 0.3) is 0 Å². The number of methoxy groups -OCH3 is 1. The molecule has 0 aromatic heterocycles. The van der Waals surface area contributed by atoms with Crippen molar-refractivity contribution >= 4 is 0 Å². The minimum atomic E-state index is 0.306. The molecule has 106 valence electrons. The van der Waals surface area contributed by atoms with Crippen LogP contribution in [0.15, 0.2) is 0 Å². The maximum absolute atomic E-state index is 6.24. The van der Waals surface area contributed by atoms with Crippen LogP contribution in [0.3, 0.4) is 0 Å². The van der Waals surface area contributed by atoms with Gasteiger partial charge in [-0.15, -0.1) is 0 Å². The Kier molecular flexibility index (Phi) is 4.05. The molecule has 2 saturated carbocycles. The van der Waals surface area contributed by atoms with E-state index >= 15 is 0 Å². The van der Waals surface area contributed by atoms with Crippen molar-refractivity contribution in [3.8, 4) is 0 Å². The molecule has 18 heavy (non-hydrogen) atoms. The highest BCUT2D eigenvalue weighted by Gasteiger charge is 2.61. The molecule has 3 nitrogen and oxygen atoms in total. The molecule has 0 aliphatic heterocycles. The van der Waals surface area contributed by atoms with Crippen molar-refractivity contribution in [1.29, 1.82) is 0 Å². The number of fused-ring (bicyclic) bond motifs is 2. The van der Waals surface area contributed by atoms with Crippen molar-refractivity contribution in [3.05, 3.63) is 0 Å². The average Bonchev–Trinajstić information content (AvgIpc) is 2.67. The van der Waals surface area contributed by atoms with Gasteiger partial charge in [0.25, 0.3) is 0 Å². The quantitative estimate of drug-likeness (QED) is 0.791. The first-order valence-corrected chi connectivity index (χ1v) is 7.23. The molecule has 1 N–H and O–H groups in total. The normalized spacial score (nSPS) is 39.2. The Labute approximate surface area is 112 Å². The fraction of sp³-hybridized carbons (Fsp3) is 1.00. The molecule has 2 aliphatic rings. The van der Waals surface area contributed by atoms with Crippen LogP contribution in [0.2, 0.25) is 0 Å². The Morgan fingerprint density at radius 2 is 2.00 bits per heavy atom. The third kappa shape index (κ3) is 2.10. The lowest BCUT2D eigenvalue weighted by Crippen LogP contribution is -2.41. The van der Waals surface area contributed by atoms with Crippen molar-refractivity contribution in [2.24, 2.45) is 16.7 Å². The third-order valence-corrected chi connectivity index (χ3v) is 5.99. The lowest BCUT2D eigenvalue weighted by molar-refractivity contribution is -0.0581. The third-order valence-electron chi connectivity index (χ3n) is 5.99. The zero-order chi connectivity index (χ0) is 13.4. The van der Waals surface area contributed by atoms with Gasteiger partial charge in [0.2, 0.25) is 0 Å². The Hall–Kier alpha value is -0.120. The highest BCUT2D eigenvalue weighted by atomic mass is 16.5. The van der Waals surface area contributed by atoms with E-state index in [0.29, 0.717) is 29.6 Å². The van der Waals surface area contributed by atoms with Crippen molar-refractivity contribution in [1.82, 2.24) is 5.32 Å². The molecule has 2 fully saturated rings. The molecule has 4 unspecified atom stereocenters. The van der Waals surface area contributed by atoms with Gasteiger partial charge in [-0.2, -0.15) is 0 Å². The monoisotopic (exact) mass is 255 g/mol. The molecular weight excluding hydrogens is 226 g/mol. The second-order valence-electron chi connectivity index (χ2n) is 6.87. The van der Waals surface area contributed by atoms with Gasteiger partial charge < -0.3 is 14.8 Å². The Morgan fingerprint density at radius 3 is 2.44 bits per heavy atom. The molecule has 0 amide bonds. The molecule has 0 radical (unpaired) electrons. The minimum absolute atomic E-state index is 0.306. The SMILES string of the molecule is CNC(COC)COC1CC2CCC1(C)C2(C)C. The van der Waals surface area contributed by atoms with Crippen molar-refractivity contribution in [2.45, 2.75) is 52.2 Å². The summed E-state index contributed by atoms with van der Waals surface area (Å²) < 4.78 is 11.4. The smallest absolute Gasteiger partial charge is 0.0646 e. The predicted octanol–water partition coefficient (Wildman–Crippen LogP) is 2.45. The number of likely N-dealkylation sites (N-methyl/N-ethyl adjacent to an activating group) is 1. The average molecular weight is 255 g/mol. The maximum Gasteiger partial charge on any atom is 0.0646 e. The molecule has 2 bridgehead atoms. The zero-order valence-electron chi connectivity index (χ0n) is 12.6. The summed E-state index contributed by atoms with van der Waals surface area (Å²) >= 11 is 0. The van der Waals surface area contributed by atoms with Gasteiger partial charge in [-0.05, 0) is 43.1 Å². The van der Waals surface area contributed by atoms with E-state index in [-0.39, 0.29) is 0 Å². The number of hydrogen-bond acceptors (Lipinski definition) is 3. The molecule has 0 aromatic carbocycles. The van der Waals surface area contributed by atoms with Crippen LogP contribution in [0.1, 0.15) is 40.0 Å². The van der Waals surface area contributed by atoms with Gasteiger partial charge in [0.05, 0.1) is 25.4 Å². The summed E-state index contributed by atoms with van der Waals surface area (Å²) in [6, 6.07) is 0.306. The van der Waals surface area contributed by atoms with Gasteiger partial charge in [-0.1, -0.05) is 20.8 Å². The number of hydrogen-bond donors (Lipinski definition) is 1. The van der Waals surface area contributed by atoms with E-state index in [1.165, 1.54) is 19.3 Å². The molecule has 2 rings (SSSR count). The lowest BCUT2D eigenvalue weighted by atomic mass is 9.70.